The van der Waals surface area contributed by atoms with E-state index in [1.54, 1.807) is 6.20 Å². The van der Waals surface area contributed by atoms with Gasteiger partial charge in [-0.2, -0.15) is 0 Å². The minimum atomic E-state index is 0.770. The zero-order valence-corrected chi connectivity index (χ0v) is 8.82. The van der Waals surface area contributed by atoms with Gasteiger partial charge < -0.3 is 10.6 Å². The van der Waals surface area contributed by atoms with Gasteiger partial charge in [0.05, 0.1) is 6.20 Å². The number of rotatable bonds is 4. The highest BCUT2D eigenvalue weighted by molar-refractivity contribution is 5.27. The molecule has 1 saturated heterocycles. The van der Waals surface area contributed by atoms with Gasteiger partial charge in [0.15, 0.2) is 5.82 Å². The summed E-state index contributed by atoms with van der Waals surface area (Å²) in [6, 6.07) is 0. The van der Waals surface area contributed by atoms with Gasteiger partial charge in [-0.25, -0.2) is 4.98 Å². The predicted octanol–water partition coefficient (Wildman–Crippen LogP) is 0.673. The SMILES string of the molecule is c1ncc(NCCC2CCNCC2)nn1. The van der Waals surface area contributed by atoms with E-state index in [4.69, 9.17) is 0 Å². The van der Waals surface area contributed by atoms with E-state index in [2.05, 4.69) is 25.8 Å². The van der Waals surface area contributed by atoms with Crippen molar-refractivity contribution in [2.75, 3.05) is 25.0 Å². The number of nitrogens with zero attached hydrogens (tertiary/aromatic N) is 3. The zero-order valence-electron chi connectivity index (χ0n) is 8.82. The normalized spacial score (nSPS) is 17.6. The van der Waals surface area contributed by atoms with Crippen LogP contribution in [0.1, 0.15) is 19.3 Å². The molecule has 5 heteroatoms. The van der Waals surface area contributed by atoms with Crippen LogP contribution in [0, 0.1) is 5.92 Å². The number of hydrogen-bond acceptors (Lipinski definition) is 5. The number of hydrogen-bond donors (Lipinski definition) is 2. The van der Waals surface area contributed by atoms with Crippen LogP contribution in [0.15, 0.2) is 12.5 Å². The highest BCUT2D eigenvalue weighted by Crippen LogP contribution is 2.15. The first-order chi connectivity index (χ1) is 7.45. The van der Waals surface area contributed by atoms with Crippen molar-refractivity contribution in [1.29, 1.82) is 0 Å². The second kappa shape index (κ2) is 5.60. The van der Waals surface area contributed by atoms with Crippen molar-refractivity contribution < 1.29 is 0 Å². The third kappa shape index (κ3) is 3.43. The first-order valence-corrected chi connectivity index (χ1v) is 5.52. The van der Waals surface area contributed by atoms with Crippen molar-refractivity contribution in [3.63, 3.8) is 0 Å². The standard InChI is InChI=1S/C10H17N5/c1-4-11-5-2-9(1)3-6-13-10-7-12-8-14-15-10/h7-9,11H,1-6H2,(H,13,15). The van der Waals surface area contributed by atoms with Crippen LogP contribution in [-0.2, 0) is 0 Å². The topological polar surface area (TPSA) is 62.7 Å². The molecule has 0 saturated carbocycles. The lowest BCUT2D eigenvalue weighted by Gasteiger charge is -2.22. The molecular formula is C10H17N5. The van der Waals surface area contributed by atoms with Crippen LogP contribution >= 0.6 is 0 Å². The fraction of sp³-hybridized carbons (Fsp3) is 0.700. The second-order valence-electron chi connectivity index (χ2n) is 3.90. The molecule has 15 heavy (non-hydrogen) atoms. The Kier molecular flexibility index (Phi) is 3.84. The Balaban J connectivity index is 1.66. The van der Waals surface area contributed by atoms with Crippen LogP contribution < -0.4 is 10.6 Å². The quantitative estimate of drug-likeness (QED) is 0.760. The summed E-state index contributed by atoms with van der Waals surface area (Å²) >= 11 is 0. The van der Waals surface area contributed by atoms with Crippen molar-refractivity contribution in [1.82, 2.24) is 20.5 Å². The van der Waals surface area contributed by atoms with Gasteiger partial charge in [0.1, 0.15) is 6.33 Å². The zero-order chi connectivity index (χ0) is 10.3. The molecule has 1 aromatic rings. The van der Waals surface area contributed by atoms with Gasteiger partial charge in [-0.3, -0.25) is 0 Å². The van der Waals surface area contributed by atoms with Gasteiger partial charge in [0.2, 0.25) is 0 Å². The van der Waals surface area contributed by atoms with Crippen LogP contribution in [0.5, 0.6) is 0 Å². The summed E-state index contributed by atoms with van der Waals surface area (Å²) in [7, 11) is 0. The number of anilines is 1. The molecule has 2 heterocycles. The molecule has 0 bridgehead atoms. The van der Waals surface area contributed by atoms with Crippen LogP contribution in [0.4, 0.5) is 5.82 Å². The molecule has 0 amide bonds. The average Bonchev–Trinajstić information content (AvgIpc) is 2.32. The summed E-state index contributed by atoms with van der Waals surface area (Å²) < 4.78 is 0. The Morgan fingerprint density at radius 2 is 2.27 bits per heavy atom. The first kappa shape index (κ1) is 10.3. The van der Waals surface area contributed by atoms with Crippen molar-refractivity contribution in [3.8, 4) is 0 Å². The summed E-state index contributed by atoms with van der Waals surface area (Å²) in [6.07, 6.45) is 6.94. The van der Waals surface area contributed by atoms with E-state index in [0.717, 1.165) is 31.4 Å². The molecule has 1 aliphatic heterocycles. The van der Waals surface area contributed by atoms with Gasteiger partial charge in [0, 0.05) is 6.54 Å². The summed E-state index contributed by atoms with van der Waals surface area (Å²) in [4.78, 5) is 3.90. The molecule has 1 aromatic heterocycles. The van der Waals surface area contributed by atoms with Crippen molar-refractivity contribution >= 4 is 5.82 Å². The molecule has 2 N–H and O–H groups in total. The summed E-state index contributed by atoms with van der Waals surface area (Å²) in [5.41, 5.74) is 0. The van der Waals surface area contributed by atoms with Gasteiger partial charge in [-0.15, -0.1) is 10.2 Å². The van der Waals surface area contributed by atoms with E-state index in [-0.39, 0.29) is 0 Å². The average molecular weight is 207 g/mol. The Morgan fingerprint density at radius 1 is 1.40 bits per heavy atom. The van der Waals surface area contributed by atoms with E-state index in [1.165, 1.54) is 25.6 Å². The number of aromatic nitrogens is 3. The Labute approximate surface area is 89.7 Å². The second-order valence-corrected chi connectivity index (χ2v) is 3.90. The van der Waals surface area contributed by atoms with Crippen LogP contribution in [-0.4, -0.2) is 34.8 Å². The molecule has 0 radical (unpaired) electrons. The lowest BCUT2D eigenvalue weighted by molar-refractivity contribution is 0.361. The van der Waals surface area contributed by atoms with Gasteiger partial charge in [-0.1, -0.05) is 0 Å². The molecule has 0 aliphatic carbocycles. The highest BCUT2D eigenvalue weighted by atomic mass is 15.2. The molecule has 0 atom stereocenters. The maximum Gasteiger partial charge on any atom is 0.167 e. The monoisotopic (exact) mass is 207 g/mol. The van der Waals surface area contributed by atoms with Gasteiger partial charge >= 0.3 is 0 Å². The minimum absolute atomic E-state index is 0.770. The third-order valence-corrected chi connectivity index (χ3v) is 2.80. The van der Waals surface area contributed by atoms with Gasteiger partial charge in [-0.05, 0) is 38.3 Å². The minimum Gasteiger partial charge on any atom is -0.367 e. The fourth-order valence-electron chi connectivity index (χ4n) is 1.90. The van der Waals surface area contributed by atoms with Crippen molar-refractivity contribution in [2.45, 2.75) is 19.3 Å². The van der Waals surface area contributed by atoms with Gasteiger partial charge in [0.25, 0.3) is 0 Å². The van der Waals surface area contributed by atoms with E-state index in [0.29, 0.717) is 0 Å². The maximum absolute atomic E-state index is 3.93. The van der Waals surface area contributed by atoms with E-state index >= 15 is 0 Å². The smallest absolute Gasteiger partial charge is 0.167 e. The van der Waals surface area contributed by atoms with E-state index < -0.39 is 0 Å². The molecule has 0 aromatic carbocycles. The summed E-state index contributed by atoms with van der Waals surface area (Å²) in [5.74, 6) is 1.62. The van der Waals surface area contributed by atoms with Crippen molar-refractivity contribution in [2.24, 2.45) is 5.92 Å². The summed E-state index contributed by atoms with van der Waals surface area (Å²) in [5, 5.41) is 14.2. The predicted molar refractivity (Wildman–Crippen MR) is 58.5 cm³/mol. The largest absolute Gasteiger partial charge is 0.367 e. The van der Waals surface area contributed by atoms with Crippen LogP contribution in [0.25, 0.3) is 0 Å². The number of nitrogens with one attached hydrogen (secondary N) is 2. The molecule has 82 valence electrons. The molecule has 1 fully saturated rings. The molecule has 1 aliphatic rings. The maximum atomic E-state index is 3.93. The molecule has 2 rings (SSSR count). The lowest BCUT2D eigenvalue weighted by atomic mass is 9.95. The van der Waals surface area contributed by atoms with E-state index in [9.17, 15) is 0 Å². The lowest BCUT2D eigenvalue weighted by Crippen LogP contribution is -2.28. The first-order valence-electron chi connectivity index (χ1n) is 5.52. The van der Waals surface area contributed by atoms with Crippen LogP contribution in [0.2, 0.25) is 0 Å². The molecule has 0 unspecified atom stereocenters. The fourth-order valence-corrected chi connectivity index (χ4v) is 1.90. The van der Waals surface area contributed by atoms with Crippen LogP contribution in [0.3, 0.4) is 0 Å². The molecule has 5 nitrogen and oxygen atoms in total. The summed E-state index contributed by atoms with van der Waals surface area (Å²) in [6.45, 7) is 3.29. The number of piperidine rings is 1. The Bertz CT molecular complexity index is 270. The Morgan fingerprint density at radius 3 is 3.00 bits per heavy atom. The Hall–Kier alpha value is -1.23. The van der Waals surface area contributed by atoms with E-state index in [1.807, 2.05) is 0 Å². The molecule has 0 spiro atoms. The molecular weight excluding hydrogens is 190 g/mol. The van der Waals surface area contributed by atoms with Crippen molar-refractivity contribution in [3.05, 3.63) is 12.5 Å². The highest BCUT2D eigenvalue weighted by Gasteiger charge is 2.11. The third-order valence-electron chi connectivity index (χ3n) is 2.80.